The molecular weight excluding hydrogens is 385 g/mol. The number of rotatable bonds is 4. The van der Waals surface area contributed by atoms with Gasteiger partial charge in [0.05, 0.1) is 13.2 Å². The lowest BCUT2D eigenvalue weighted by atomic mass is 9.97. The van der Waals surface area contributed by atoms with Crippen LogP contribution in [-0.4, -0.2) is 40.1 Å². The summed E-state index contributed by atoms with van der Waals surface area (Å²) in [7, 11) is 0. The molecule has 27 heavy (non-hydrogen) atoms. The molecule has 7 heteroatoms. The van der Waals surface area contributed by atoms with Crippen molar-refractivity contribution in [2.24, 2.45) is 0 Å². The Morgan fingerprint density at radius 3 is 2.67 bits per heavy atom. The van der Waals surface area contributed by atoms with E-state index in [0.717, 1.165) is 16.6 Å². The van der Waals surface area contributed by atoms with Crippen molar-refractivity contribution >= 4 is 45.7 Å². The van der Waals surface area contributed by atoms with Crippen molar-refractivity contribution in [2.75, 3.05) is 18.5 Å². The maximum Gasteiger partial charge on any atom is 0.238 e. The number of carbonyl (C=O) groups excluding carboxylic acids is 1. The lowest BCUT2D eigenvalue weighted by Gasteiger charge is -2.34. The average Bonchev–Trinajstić information content (AvgIpc) is 2.99. The second-order valence-corrected chi connectivity index (χ2v) is 7.65. The highest BCUT2D eigenvalue weighted by atomic mass is 35.5. The van der Waals surface area contributed by atoms with Gasteiger partial charge in [-0.2, -0.15) is 0 Å². The molecular formula is C20H19Cl2N3O2. The molecule has 1 aliphatic rings. The number of carbonyl (C=O) groups is 1. The zero-order chi connectivity index (χ0) is 19.0. The number of fused-ring (bicyclic) bond motifs is 3. The molecule has 2 heterocycles. The van der Waals surface area contributed by atoms with Gasteiger partial charge in [0.25, 0.3) is 0 Å². The molecule has 0 saturated heterocycles. The number of aromatic amines is 1. The van der Waals surface area contributed by atoms with Gasteiger partial charge in [0.2, 0.25) is 5.91 Å². The number of nitrogens with one attached hydrogen (secondary N) is 2. The number of anilines is 1. The lowest BCUT2D eigenvalue weighted by molar-refractivity contribution is -0.118. The van der Waals surface area contributed by atoms with Crippen LogP contribution >= 0.6 is 23.2 Å². The topological polar surface area (TPSA) is 68.4 Å². The number of hydrogen-bond donors (Lipinski definition) is 3. The number of aliphatic hydroxyl groups excluding tert-OH is 1. The summed E-state index contributed by atoms with van der Waals surface area (Å²) >= 11 is 12.0. The molecule has 5 nitrogen and oxygen atoms in total. The van der Waals surface area contributed by atoms with Gasteiger partial charge in [-0.25, -0.2) is 0 Å². The third-order valence-corrected chi connectivity index (χ3v) is 5.45. The molecule has 1 atom stereocenters. The van der Waals surface area contributed by atoms with E-state index in [0.29, 0.717) is 28.7 Å². The van der Waals surface area contributed by atoms with Crippen molar-refractivity contribution in [3.8, 4) is 0 Å². The smallest absolute Gasteiger partial charge is 0.238 e. The van der Waals surface area contributed by atoms with Gasteiger partial charge in [-0.1, -0.05) is 23.2 Å². The van der Waals surface area contributed by atoms with E-state index in [1.807, 2.05) is 23.1 Å². The Morgan fingerprint density at radius 2 is 1.93 bits per heavy atom. The normalized spacial score (nSPS) is 17.1. The highest BCUT2D eigenvalue weighted by Crippen LogP contribution is 2.31. The summed E-state index contributed by atoms with van der Waals surface area (Å²) < 4.78 is 0. The average molecular weight is 404 g/mol. The number of aliphatic hydroxyl groups is 1. The minimum absolute atomic E-state index is 0.0130. The van der Waals surface area contributed by atoms with Crippen LogP contribution < -0.4 is 5.32 Å². The molecule has 0 radical (unpaired) electrons. The molecule has 2 aromatic carbocycles. The predicted molar refractivity (Wildman–Crippen MR) is 108 cm³/mol. The molecule has 1 unspecified atom stereocenters. The van der Waals surface area contributed by atoms with Gasteiger partial charge in [-0.15, -0.1) is 0 Å². The van der Waals surface area contributed by atoms with Crippen molar-refractivity contribution in [2.45, 2.75) is 19.0 Å². The second-order valence-electron chi connectivity index (χ2n) is 6.77. The largest absolute Gasteiger partial charge is 0.395 e. The van der Waals surface area contributed by atoms with E-state index >= 15 is 0 Å². The molecule has 140 valence electrons. The monoisotopic (exact) mass is 403 g/mol. The number of nitrogens with zero attached hydrogens (tertiary/aromatic N) is 1. The van der Waals surface area contributed by atoms with E-state index < -0.39 is 0 Å². The Balaban J connectivity index is 1.52. The lowest BCUT2D eigenvalue weighted by Crippen LogP contribution is -2.46. The van der Waals surface area contributed by atoms with E-state index in [1.54, 1.807) is 24.3 Å². The van der Waals surface area contributed by atoms with Gasteiger partial charge in [0, 0.05) is 44.9 Å². The van der Waals surface area contributed by atoms with Gasteiger partial charge < -0.3 is 15.4 Å². The number of hydrogen-bond acceptors (Lipinski definition) is 3. The molecule has 1 amide bonds. The Bertz CT molecular complexity index is 985. The Kier molecular flexibility index (Phi) is 5.10. The Hall–Kier alpha value is -2.05. The van der Waals surface area contributed by atoms with Gasteiger partial charge in [-0.05, 0) is 54.4 Å². The van der Waals surface area contributed by atoms with Gasteiger partial charge in [-0.3, -0.25) is 9.69 Å². The highest BCUT2D eigenvalue weighted by Gasteiger charge is 2.29. The van der Waals surface area contributed by atoms with Crippen molar-refractivity contribution in [3.05, 3.63) is 63.8 Å². The number of benzene rings is 2. The first-order valence-electron chi connectivity index (χ1n) is 8.73. The summed E-state index contributed by atoms with van der Waals surface area (Å²) in [6.45, 7) is 0.755. The van der Waals surface area contributed by atoms with Crippen LogP contribution in [0.15, 0.2) is 42.5 Å². The maximum absolute atomic E-state index is 12.5. The van der Waals surface area contributed by atoms with Crippen LogP contribution in [0.1, 0.15) is 11.3 Å². The fourth-order valence-electron chi connectivity index (χ4n) is 3.62. The standard InChI is InChI=1S/C20H19Cl2N3O2/c21-12-1-4-14(5-2-12)23-20(27)10-25-9-19-17(8-15(25)11-26)16-7-13(22)3-6-18(16)24-19/h1-7,15,24,26H,8-11H2,(H,23,27). The van der Waals surface area contributed by atoms with Gasteiger partial charge in [0.1, 0.15) is 0 Å². The third-order valence-electron chi connectivity index (χ3n) is 4.96. The molecule has 0 aliphatic carbocycles. The summed E-state index contributed by atoms with van der Waals surface area (Å²) in [6, 6.07) is 12.6. The Labute approximate surface area is 166 Å². The molecule has 3 aromatic rings. The third kappa shape index (κ3) is 3.82. The number of aromatic nitrogens is 1. The predicted octanol–water partition coefficient (Wildman–Crippen LogP) is 3.83. The summed E-state index contributed by atoms with van der Waals surface area (Å²) in [5.74, 6) is -0.127. The molecule has 0 fully saturated rings. The Morgan fingerprint density at radius 1 is 1.19 bits per heavy atom. The van der Waals surface area contributed by atoms with Crippen molar-refractivity contribution in [1.29, 1.82) is 0 Å². The maximum atomic E-state index is 12.5. The summed E-state index contributed by atoms with van der Waals surface area (Å²) in [5.41, 5.74) is 3.95. The first-order chi connectivity index (χ1) is 13.0. The van der Waals surface area contributed by atoms with Crippen molar-refractivity contribution in [1.82, 2.24) is 9.88 Å². The number of H-pyrrole nitrogens is 1. The molecule has 0 saturated carbocycles. The van der Waals surface area contributed by atoms with Gasteiger partial charge >= 0.3 is 0 Å². The zero-order valence-electron chi connectivity index (χ0n) is 14.5. The van der Waals surface area contributed by atoms with Crippen molar-refractivity contribution < 1.29 is 9.90 Å². The number of halogens is 2. The van der Waals surface area contributed by atoms with E-state index in [2.05, 4.69) is 10.3 Å². The first-order valence-corrected chi connectivity index (χ1v) is 9.48. The first kappa shape index (κ1) is 18.3. The molecule has 4 rings (SSSR count). The summed E-state index contributed by atoms with van der Waals surface area (Å²) in [5, 5.41) is 15.1. The van der Waals surface area contributed by atoms with Crippen LogP contribution in [0.4, 0.5) is 5.69 Å². The van der Waals surface area contributed by atoms with Crippen LogP contribution in [-0.2, 0) is 17.8 Å². The molecule has 1 aliphatic heterocycles. The van der Waals surface area contributed by atoms with E-state index in [1.165, 1.54) is 5.56 Å². The van der Waals surface area contributed by atoms with Crippen LogP contribution in [0, 0.1) is 0 Å². The fourth-order valence-corrected chi connectivity index (χ4v) is 3.92. The molecule has 0 spiro atoms. The number of amides is 1. The van der Waals surface area contributed by atoms with Crippen LogP contribution in [0.25, 0.3) is 10.9 Å². The van der Waals surface area contributed by atoms with E-state index in [9.17, 15) is 9.90 Å². The van der Waals surface area contributed by atoms with E-state index in [-0.39, 0.29) is 25.1 Å². The minimum Gasteiger partial charge on any atom is -0.395 e. The minimum atomic E-state index is -0.127. The van der Waals surface area contributed by atoms with Crippen LogP contribution in [0.2, 0.25) is 10.0 Å². The second kappa shape index (κ2) is 7.52. The quantitative estimate of drug-likeness (QED) is 0.619. The van der Waals surface area contributed by atoms with Gasteiger partial charge in [0.15, 0.2) is 0 Å². The summed E-state index contributed by atoms with van der Waals surface area (Å²) in [4.78, 5) is 17.9. The SMILES string of the molecule is O=C(CN1Cc2[nH]c3ccc(Cl)cc3c2CC1CO)Nc1ccc(Cl)cc1. The fraction of sp³-hybridized carbons (Fsp3) is 0.250. The van der Waals surface area contributed by atoms with Crippen LogP contribution in [0.5, 0.6) is 0 Å². The highest BCUT2D eigenvalue weighted by molar-refractivity contribution is 6.31. The molecule has 3 N–H and O–H groups in total. The molecule has 1 aromatic heterocycles. The zero-order valence-corrected chi connectivity index (χ0v) is 16.0. The molecule has 0 bridgehead atoms. The van der Waals surface area contributed by atoms with E-state index in [4.69, 9.17) is 23.2 Å². The van der Waals surface area contributed by atoms with Crippen molar-refractivity contribution in [3.63, 3.8) is 0 Å². The van der Waals surface area contributed by atoms with Crippen LogP contribution in [0.3, 0.4) is 0 Å². The summed E-state index contributed by atoms with van der Waals surface area (Å²) in [6.07, 6.45) is 0.667.